The van der Waals surface area contributed by atoms with Crippen molar-refractivity contribution in [3.05, 3.63) is 29.6 Å². The number of aromatic nitrogens is 2. The van der Waals surface area contributed by atoms with Gasteiger partial charge in [-0.15, -0.1) is 0 Å². The van der Waals surface area contributed by atoms with E-state index >= 15 is 0 Å². The minimum absolute atomic E-state index is 0.168. The molecule has 0 aliphatic carbocycles. The average molecular weight is 186 g/mol. The molecule has 0 spiro atoms. The van der Waals surface area contributed by atoms with Crippen LogP contribution in [0.3, 0.4) is 0 Å². The number of hydrogen-bond donors (Lipinski definition) is 0. The molecule has 0 unspecified atom stereocenters. The topological polar surface area (TPSA) is 17.8 Å². The van der Waals surface area contributed by atoms with Crippen LogP contribution in [0.1, 0.15) is 24.7 Å². The van der Waals surface area contributed by atoms with E-state index in [1.54, 1.807) is 6.92 Å². The van der Waals surface area contributed by atoms with Crippen molar-refractivity contribution in [1.29, 1.82) is 0 Å². The molecule has 0 saturated carbocycles. The van der Waals surface area contributed by atoms with E-state index in [0.29, 0.717) is 6.54 Å². The highest BCUT2D eigenvalue weighted by Gasteiger charge is 2.12. The molecule has 0 atom stereocenters. The van der Waals surface area contributed by atoms with Crippen LogP contribution in [0, 0.1) is 6.92 Å². The Morgan fingerprint density at radius 1 is 1.69 bits per heavy atom. The summed E-state index contributed by atoms with van der Waals surface area (Å²) in [4.78, 5) is 0. The largest absolute Gasteiger partial charge is 0.282 e. The zero-order valence-corrected chi connectivity index (χ0v) is 7.72. The van der Waals surface area contributed by atoms with Crippen LogP contribution in [0.2, 0.25) is 0 Å². The molecule has 0 N–H and O–H groups in total. The van der Waals surface area contributed by atoms with Crippen molar-refractivity contribution >= 4 is 0 Å². The van der Waals surface area contributed by atoms with Crippen LogP contribution in [0.25, 0.3) is 0 Å². The van der Waals surface area contributed by atoms with Gasteiger partial charge in [0, 0.05) is 5.69 Å². The molecule has 0 saturated heterocycles. The van der Waals surface area contributed by atoms with Gasteiger partial charge in [0.15, 0.2) is 0 Å². The zero-order valence-electron chi connectivity index (χ0n) is 7.72. The summed E-state index contributed by atoms with van der Waals surface area (Å²) in [6.07, 6.45) is -2.50. The first-order chi connectivity index (χ1) is 6.00. The molecular weight excluding hydrogens is 174 g/mol. The highest BCUT2D eigenvalue weighted by atomic mass is 19.3. The van der Waals surface area contributed by atoms with E-state index in [9.17, 15) is 8.78 Å². The molecule has 0 aliphatic heterocycles. The molecule has 0 aromatic carbocycles. The first-order valence-electron chi connectivity index (χ1n) is 3.97. The molecule has 0 amide bonds. The summed E-state index contributed by atoms with van der Waals surface area (Å²) >= 11 is 0. The molecule has 1 aromatic heterocycles. The SMILES string of the molecule is C=C(C)Cn1nc(C(F)F)cc1C. The van der Waals surface area contributed by atoms with E-state index in [0.717, 1.165) is 11.3 Å². The van der Waals surface area contributed by atoms with Crippen molar-refractivity contribution in [1.82, 2.24) is 9.78 Å². The Labute approximate surface area is 75.9 Å². The number of nitrogens with zero attached hydrogens (tertiary/aromatic N) is 2. The third-order valence-corrected chi connectivity index (χ3v) is 1.64. The number of halogens is 2. The van der Waals surface area contributed by atoms with Gasteiger partial charge < -0.3 is 0 Å². The molecule has 72 valence electrons. The van der Waals surface area contributed by atoms with E-state index < -0.39 is 6.43 Å². The fourth-order valence-corrected chi connectivity index (χ4v) is 1.06. The van der Waals surface area contributed by atoms with Crippen molar-refractivity contribution in [2.45, 2.75) is 26.8 Å². The predicted molar refractivity (Wildman–Crippen MR) is 46.7 cm³/mol. The van der Waals surface area contributed by atoms with Gasteiger partial charge in [-0.05, 0) is 19.9 Å². The summed E-state index contributed by atoms with van der Waals surface area (Å²) in [5.74, 6) is 0. The Kier molecular flexibility index (Phi) is 2.80. The molecular formula is C9H12F2N2. The molecule has 0 bridgehead atoms. The number of allylic oxidation sites excluding steroid dienone is 1. The van der Waals surface area contributed by atoms with Gasteiger partial charge in [-0.3, -0.25) is 4.68 Å². The number of alkyl halides is 2. The lowest BCUT2D eigenvalue weighted by molar-refractivity contribution is 0.145. The fourth-order valence-electron chi connectivity index (χ4n) is 1.06. The molecule has 1 rings (SSSR count). The number of aryl methyl sites for hydroxylation is 1. The van der Waals surface area contributed by atoms with E-state index in [2.05, 4.69) is 11.7 Å². The van der Waals surface area contributed by atoms with Gasteiger partial charge in [-0.25, -0.2) is 8.78 Å². The van der Waals surface area contributed by atoms with E-state index in [4.69, 9.17) is 0 Å². The van der Waals surface area contributed by atoms with Crippen molar-refractivity contribution < 1.29 is 8.78 Å². The van der Waals surface area contributed by atoms with Gasteiger partial charge in [-0.1, -0.05) is 12.2 Å². The zero-order chi connectivity index (χ0) is 10.0. The smallest absolute Gasteiger partial charge is 0.265 e. The van der Waals surface area contributed by atoms with Gasteiger partial charge in [0.1, 0.15) is 5.69 Å². The normalized spacial score (nSPS) is 10.8. The van der Waals surface area contributed by atoms with E-state index in [1.165, 1.54) is 10.7 Å². The molecule has 13 heavy (non-hydrogen) atoms. The van der Waals surface area contributed by atoms with Crippen LogP contribution >= 0.6 is 0 Å². The summed E-state index contributed by atoms with van der Waals surface area (Å²) in [5.41, 5.74) is 1.46. The summed E-state index contributed by atoms with van der Waals surface area (Å²) < 4.78 is 25.9. The van der Waals surface area contributed by atoms with Gasteiger partial charge >= 0.3 is 0 Å². The van der Waals surface area contributed by atoms with Gasteiger partial charge in [-0.2, -0.15) is 5.10 Å². The molecule has 0 aliphatic rings. The number of rotatable bonds is 3. The van der Waals surface area contributed by atoms with Crippen molar-refractivity contribution in [3.63, 3.8) is 0 Å². The second kappa shape index (κ2) is 3.68. The molecule has 0 radical (unpaired) electrons. The van der Waals surface area contributed by atoms with Gasteiger partial charge in [0.25, 0.3) is 6.43 Å². The minimum atomic E-state index is -2.50. The molecule has 2 nitrogen and oxygen atoms in total. The maximum absolute atomic E-state index is 12.2. The van der Waals surface area contributed by atoms with Crippen LogP contribution < -0.4 is 0 Å². The van der Waals surface area contributed by atoms with Crippen molar-refractivity contribution in [3.8, 4) is 0 Å². The van der Waals surface area contributed by atoms with E-state index in [-0.39, 0.29) is 5.69 Å². The van der Waals surface area contributed by atoms with Crippen LogP contribution in [-0.2, 0) is 6.54 Å². The van der Waals surface area contributed by atoms with Gasteiger partial charge in [0.2, 0.25) is 0 Å². The third-order valence-electron chi connectivity index (χ3n) is 1.64. The lowest BCUT2D eigenvalue weighted by atomic mass is 10.3. The Bertz CT molecular complexity index is 315. The summed E-state index contributed by atoms with van der Waals surface area (Å²) in [5, 5.41) is 3.76. The second-order valence-electron chi connectivity index (χ2n) is 3.13. The Morgan fingerprint density at radius 3 is 2.69 bits per heavy atom. The highest BCUT2D eigenvalue weighted by Crippen LogP contribution is 2.18. The summed E-state index contributed by atoms with van der Waals surface area (Å²) in [7, 11) is 0. The Hall–Kier alpha value is -1.19. The lowest BCUT2D eigenvalue weighted by Gasteiger charge is -2.02. The summed E-state index contributed by atoms with van der Waals surface area (Å²) in [6.45, 7) is 7.78. The van der Waals surface area contributed by atoms with Crippen LogP contribution in [0.4, 0.5) is 8.78 Å². The standard InChI is InChI=1S/C9H12F2N2/c1-6(2)5-13-7(3)4-8(12-13)9(10)11/h4,9H,1,5H2,2-3H3. The van der Waals surface area contributed by atoms with Crippen LogP contribution in [0.5, 0.6) is 0 Å². The van der Waals surface area contributed by atoms with E-state index in [1.807, 2.05) is 6.92 Å². The average Bonchev–Trinajstić information content (AvgIpc) is 2.31. The van der Waals surface area contributed by atoms with Crippen LogP contribution in [0.15, 0.2) is 18.2 Å². The Morgan fingerprint density at radius 2 is 2.31 bits per heavy atom. The highest BCUT2D eigenvalue weighted by molar-refractivity contribution is 5.11. The van der Waals surface area contributed by atoms with Crippen molar-refractivity contribution in [2.24, 2.45) is 0 Å². The monoisotopic (exact) mass is 186 g/mol. The first-order valence-corrected chi connectivity index (χ1v) is 3.97. The van der Waals surface area contributed by atoms with Crippen LogP contribution in [-0.4, -0.2) is 9.78 Å². The first kappa shape index (κ1) is 9.89. The number of hydrogen-bond acceptors (Lipinski definition) is 1. The third kappa shape index (κ3) is 2.37. The molecule has 4 heteroatoms. The lowest BCUT2D eigenvalue weighted by Crippen LogP contribution is -2.03. The molecule has 0 fully saturated rings. The fraction of sp³-hybridized carbons (Fsp3) is 0.444. The Balaban J connectivity index is 2.89. The molecule has 1 aromatic rings. The second-order valence-corrected chi connectivity index (χ2v) is 3.13. The van der Waals surface area contributed by atoms with Gasteiger partial charge in [0.05, 0.1) is 6.54 Å². The maximum atomic E-state index is 12.2. The predicted octanol–water partition coefficient (Wildman–Crippen LogP) is 2.71. The van der Waals surface area contributed by atoms with Crippen molar-refractivity contribution in [2.75, 3.05) is 0 Å². The molecule has 1 heterocycles. The quantitative estimate of drug-likeness (QED) is 0.663. The minimum Gasteiger partial charge on any atom is -0.265 e. The maximum Gasteiger partial charge on any atom is 0.282 e. The summed E-state index contributed by atoms with van der Waals surface area (Å²) in [6, 6.07) is 1.40.